The Labute approximate surface area is 109 Å². The van der Waals surface area contributed by atoms with Gasteiger partial charge in [0.1, 0.15) is 0 Å². The van der Waals surface area contributed by atoms with Crippen LogP contribution < -0.4 is 4.90 Å². The van der Waals surface area contributed by atoms with Gasteiger partial charge in [0.2, 0.25) is 0 Å². The molecule has 0 bridgehead atoms. The molecule has 1 heterocycles. The van der Waals surface area contributed by atoms with Gasteiger partial charge in [-0.1, -0.05) is 0 Å². The molecule has 18 heavy (non-hydrogen) atoms. The van der Waals surface area contributed by atoms with Gasteiger partial charge in [-0.05, 0) is 38.4 Å². The minimum atomic E-state index is 0.0681. The predicted molar refractivity (Wildman–Crippen MR) is 74.3 cm³/mol. The zero-order valence-electron chi connectivity index (χ0n) is 11.5. The molecule has 0 aliphatic carbocycles. The van der Waals surface area contributed by atoms with E-state index in [0.29, 0.717) is 0 Å². The van der Waals surface area contributed by atoms with Crippen LogP contribution in [0.2, 0.25) is 0 Å². The van der Waals surface area contributed by atoms with Gasteiger partial charge in [-0.3, -0.25) is 9.80 Å². The highest BCUT2D eigenvalue weighted by molar-refractivity contribution is 5.51. The van der Waals surface area contributed by atoms with Crippen LogP contribution in [0.1, 0.15) is 0 Å². The largest absolute Gasteiger partial charge is 0.378 e. The van der Waals surface area contributed by atoms with Gasteiger partial charge in [0, 0.05) is 32.9 Å². The number of hydrogen-bond acceptors (Lipinski definition) is 5. The predicted octanol–water partition coefficient (Wildman–Crippen LogP) is 2.00. The minimum Gasteiger partial charge on any atom is -0.378 e. The zero-order valence-corrected chi connectivity index (χ0v) is 11.5. The molecular weight excluding hydrogens is 226 g/mol. The highest BCUT2D eigenvalue weighted by Crippen LogP contribution is 2.20. The molecule has 1 aliphatic rings. The number of anilines is 1. The van der Waals surface area contributed by atoms with Gasteiger partial charge < -0.3 is 4.90 Å². The van der Waals surface area contributed by atoms with Crippen molar-refractivity contribution in [2.45, 2.75) is 6.29 Å². The van der Waals surface area contributed by atoms with E-state index >= 15 is 0 Å². The minimum absolute atomic E-state index is 0.0681. The molecule has 5 heteroatoms. The normalized spacial score (nSPS) is 18.9. The van der Waals surface area contributed by atoms with Crippen LogP contribution in [0.3, 0.4) is 0 Å². The van der Waals surface area contributed by atoms with Crippen molar-refractivity contribution >= 4 is 11.4 Å². The third-order valence-corrected chi connectivity index (χ3v) is 3.24. The molecule has 98 valence electrons. The second-order valence-corrected chi connectivity index (χ2v) is 4.93. The Morgan fingerprint density at radius 3 is 2.11 bits per heavy atom. The van der Waals surface area contributed by atoms with E-state index in [-0.39, 0.29) is 6.29 Å². The molecule has 1 aromatic rings. The summed E-state index contributed by atoms with van der Waals surface area (Å²) in [6.45, 7) is 2.08. The van der Waals surface area contributed by atoms with E-state index in [2.05, 4.69) is 51.2 Å². The van der Waals surface area contributed by atoms with E-state index in [1.165, 1.54) is 5.69 Å². The lowest BCUT2D eigenvalue weighted by molar-refractivity contribution is 0.189. The molecule has 1 aromatic carbocycles. The van der Waals surface area contributed by atoms with Crippen molar-refractivity contribution in [1.82, 2.24) is 9.80 Å². The van der Waals surface area contributed by atoms with Gasteiger partial charge in [-0.15, -0.1) is 0 Å². The second-order valence-electron chi connectivity index (χ2n) is 4.93. The average Bonchev–Trinajstić information content (AvgIpc) is 2.67. The molecule has 0 unspecified atom stereocenters. The summed E-state index contributed by atoms with van der Waals surface area (Å²) in [6, 6.07) is 8.09. The number of benzene rings is 1. The first-order valence-corrected chi connectivity index (χ1v) is 6.16. The van der Waals surface area contributed by atoms with Crippen LogP contribution in [0.4, 0.5) is 11.4 Å². The Bertz CT molecular complexity index is 402. The Kier molecular flexibility index (Phi) is 3.93. The molecule has 0 aromatic heterocycles. The van der Waals surface area contributed by atoms with Crippen LogP contribution in [0.15, 0.2) is 34.5 Å². The first kappa shape index (κ1) is 13.0. The fourth-order valence-corrected chi connectivity index (χ4v) is 1.99. The average molecular weight is 247 g/mol. The van der Waals surface area contributed by atoms with E-state index in [4.69, 9.17) is 0 Å². The molecule has 2 rings (SSSR count). The molecule has 0 radical (unpaired) electrons. The molecule has 1 fully saturated rings. The van der Waals surface area contributed by atoms with Crippen molar-refractivity contribution in [3.8, 4) is 0 Å². The summed E-state index contributed by atoms with van der Waals surface area (Å²) < 4.78 is 0. The van der Waals surface area contributed by atoms with E-state index < -0.39 is 0 Å². The maximum atomic E-state index is 4.39. The van der Waals surface area contributed by atoms with E-state index in [9.17, 15) is 0 Å². The van der Waals surface area contributed by atoms with E-state index in [0.717, 1.165) is 18.8 Å². The molecule has 0 amide bonds. The van der Waals surface area contributed by atoms with E-state index in [1.807, 2.05) is 26.2 Å². The van der Waals surface area contributed by atoms with Gasteiger partial charge >= 0.3 is 0 Å². The smallest absolute Gasteiger partial charge is 0.179 e. The Morgan fingerprint density at radius 1 is 1.06 bits per heavy atom. The summed E-state index contributed by atoms with van der Waals surface area (Å²) in [5, 5.41) is 8.71. The number of azo groups is 1. The fourth-order valence-electron chi connectivity index (χ4n) is 1.99. The SMILES string of the molecule is CN(C)c1ccc(N=NC2N(C)CCN2C)cc1. The van der Waals surface area contributed by atoms with Gasteiger partial charge in [0.25, 0.3) is 0 Å². The fraction of sp³-hybridized carbons (Fsp3) is 0.538. The van der Waals surface area contributed by atoms with Gasteiger partial charge in [-0.2, -0.15) is 10.2 Å². The number of nitrogens with zero attached hydrogens (tertiary/aromatic N) is 5. The Balaban J connectivity index is 2.04. The molecule has 0 N–H and O–H groups in total. The number of rotatable bonds is 3. The molecule has 0 saturated carbocycles. The van der Waals surface area contributed by atoms with Crippen LogP contribution in [0, 0.1) is 0 Å². The lowest BCUT2D eigenvalue weighted by Crippen LogP contribution is -2.31. The maximum absolute atomic E-state index is 4.39. The highest BCUT2D eigenvalue weighted by atomic mass is 15.5. The van der Waals surface area contributed by atoms with Crippen LogP contribution in [-0.2, 0) is 0 Å². The first-order chi connectivity index (χ1) is 8.58. The highest BCUT2D eigenvalue weighted by Gasteiger charge is 2.25. The van der Waals surface area contributed by atoms with Gasteiger partial charge in [0.15, 0.2) is 6.29 Å². The quantitative estimate of drug-likeness (QED) is 0.766. The summed E-state index contributed by atoms with van der Waals surface area (Å²) in [4.78, 5) is 6.45. The lowest BCUT2D eigenvalue weighted by Gasteiger charge is -2.18. The molecule has 1 aliphatic heterocycles. The third-order valence-electron chi connectivity index (χ3n) is 3.24. The van der Waals surface area contributed by atoms with Crippen LogP contribution in [-0.4, -0.2) is 57.4 Å². The standard InChI is InChI=1S/C13H21N5/c1-16(2)12-7-5-11(6-8-12)14-15-13-17(3)9-10-18(13)4/h5-8,13H,9-10H2,1-4H3. The zero-order chi connectivity index (χ0) is 13.1. The van der Waals surface area contributed by atoms with Crippen molar-refractivity contribution in [1.29, 1.82) is 0 Å². The van der Waals surface area contributed by atoms with Crippen molar-refractivity contribution in [2.75, 3.05) is 46.2 Å². The molecule has 0 atom stereocenters. The summed E-state index contributed by atoms with van der Waals surface area (Å²) in [5.74, 6) is 0. The topological polar surface area (TPSA) is 34.4 Å². The lowest BCUT2D eigenvalue weighted by atomic mass is 10.3. The van der Waals surface area contributed by atoms with Crippen LogP contribution >= 0.6 is 0 Å². The first-order valence-electron chi connectivity index (χ1n) is 6.16. The Hall–Kier alpha value is -1.46. The van der Waals surface area contributed by atoms with Crippen LogP contribution in [0.5, 0.6) is 0 Å². The van der Waals surface area contributed by atoms with Crippen molar-refractivity contribution in [3.05, 3.63) is 24.3 Å². The molecule has 1 saturated heterocycles. The Morgan fingerprint density at radius 2 is 1.61 bits per heavy atom. The third kappa shape index (κ3) is 2.86. The molecule has 5 nitrogen and oxygen atoms in total. The van der Waals surface area contributed by atoms with Crippen molar-refractivity contribution < 1.29 is 0 Å². The van der Waals surface area contributed by atoms with Crippen LogP contribution in [0.25, 0.3) is 0 Å². The molecular formula is C13H21N5. The van der Waals surface area contributed by atoms with Gasteiger partial charge in [-0.25, -0.2) is 0 Å². The van der Waals surface area contributed by atoms with E-state index in [1.54, 1.807) is 0 Å². The van der Waals surface area contributed by atoms with Crippen molar-refractivity contribution in [2.24, 2.45) is 10.2 Å². The number of likely N-dealkylation sites (N-methyl/N-ethyl adjacent to an activating group) is 2. The van der Waals surface area contributed by atoms with Crippen molar-refractivity contribution in [3.63, 3.8) is 0 Å². The second kappa shape index (κ2) is 5.46. The van der Waals surface area contributed by atoms with Gasteiger partial charge in [0.05, 0.1) is 5.69 Å². The summed E-state index contributed by atoms with van der Waals surface area (Å²) in [5.41, 5.74) is 2.07. The summed E-state index contributed by atoms with van der Waals surface area (Å²) in [7, 11) is 8.20. The maximum Gasteiger partial charge on any atom is 0.179 e. The summed E-state index contributed by atoms with van der Waals surface area (Å²) >= 11 is 0. The number of hydrogen-bond donors (Lipinski definition) is 0. The summed E-state index contributed by atoms with van der Waals surface area (Å²) in [6.07, 6.45) is 0.0681. The molecule has 0 spiro atoms. The monoisotopic (exact) mass is 247 g/mol.